The Bertz CT molecular complexity index is 796. The fourth-order valence-corrected chi connectivity index (χ4v) is 1.86. The predicted octanol–water partition coefficient (Wildman–Crippen LogP) is 4.19. The minimum absolute atomic E-state index is 0.337. The maximum absolute atomic E-state index is 13.2. The van der Waals surface area contributed by atoms with E-state index in [1.54, 1.807) is 7.05 Å². The number of benzene rings is 1. The van der Waals surface area contributed by atoms with Crippen molar-refractivity contribution in [3.05, 3.63) is 53.9 Å². The average Bonchev–Trinajstić information content (AvgIpc) is 2.98. The molecule has 0 saturated heterocycles. The number of hydrogen-bond donors (Lipinski definition) is 0. The Kier molecular flexibility index (Phi) is 5.43. The fraction of sp³-hybridized carbons (Fsp3) is 0.250. The van der Waals surface area contributed by atoms with Crippen molar-refractivity contribution in [2.45, 2.75) is 18.5 Å². The van der Waals surface area contributed by atoms with E-state index in [2.05, 4.69) is 9.84 Å². The van der Waals surface area contributed by atoms with E-state index in [-0.39, 0.29) is 5.78 Å². The summed E-state index contributed by atoms with van der Waals surface area (Å²) in [5, 5.41) is 3.83. The monoisotopic (exact) mass is 378 g/mol. The minimum Gasteiger partial charge on any atom is -0.430 e. The van der Waals surface area contributed by atoms with Gasteiger partial charge in [-0.1, -0.05) is 18.2 Å². The lowest BCUT2D eigenvalue weighted by atomic mass is 10.1. The van der Waals surface area contributed by atoms with E-state index in [0.29, 0.717) is 11.1 Å². The molecule has 4 nitrogen and oxygen atoms in total. The molecule has 140 valence electrons. The summed E-state index contributed by atoms with van der Waals surface area (Å²) < 4.78 is 80.5. The number of rotatable bonds is 6. The van der Waals surface area contributed by atoms with E-state index in [1.165, 1.54) is 41.4 Å². The lowest BCUT2D eigenvalue weighted by Crippen LogP contribution is -2.45. The number of hydrogen-bond acceptors (Lipinski definition) is 3. The van der Waals surface area contributed by atoms with E-state index in [0.717, 1.165) is 12.1 Å². The van der Waals surface area contributed by atoms with E-state index in [4.69, 9.17) is 0 Å². The molecule has 2 aromatic rings. The molecule has 1 aromatic heterocycles. The van der Waals surface area contributed by atoms with Gasteiger partial charge in [-0.05, 0) is 23.8 Å². The van der Waals surface area contributed by atoms with E-state index in [1.807, 2.05) is 0 Å². The SMILES string of the molecule is Cn1cc(C(=O)/C=C/c2ccc(OC(F)(F)C(F)C(F)(F)F)cc2)cn1. The summed E-state index contributed by atoms with van der Waals surface area (Å²) in [6.07, 6.45) is -9.83. The molecule has 2 rings (SSSR count). The summed E-state index contributed by atoms with van der Waals surface area (Å²) >= 11 is 0. The Morgan fingerprint density at radius 1 is 1.19 bits per heavy atom. The number of aryl methyl sites for hydroxylation is 1. The van der Waals surface area contributed by atoms with E-state index >= 15 is 0 Å². The molecule has 0 aliphatic carbocycles. The highest BCUT2D eigenvalue weighted by Crippen LogP contribution is 2.36. The van der Waals surface area contributed by atoms with Crippen LogP contribution in [0, 0.1) is 0 Å². The highest BCUT2D eigenvalue weighted by Gasteiger charge is 2.59. The van der Waals surface area contributed by atoms with Gasteiger partial charge in [-0.3, -0.25) is 9.48 Å². The second-order valence-electron chi connectivity index (χ2n) is 5.24. The summed E-state index contributed by atoms with van der Waals surface area (Å²) in [6, 6.07) is 4.31. The third-order valence-corrected chi connectivity index (χ3v) is 3.13. The van der Waals surface area contributed by atoms with Crippen LogP contribution in [-0.2, 0) is 7.05 Å². The zero-order valence-corrected chi connectivity index (χ0v) is 13.2. The van der Waals surface area contributed by atoms with Gasteiger partial charge in [0, 0.05) is 13.2 Å². The van der Waals surface area contributed by atoms with Crippen LogP contribution in [0.25, 0.3) is 6.08 Å². The Morgan fingerprint density at radius 3 is 2.31 bits per heavy atom. The van der Waals surface area contributed by atoms with Crippen LogP contribution in [0.2, 0.25) is 0 Å². The highest BCUT2D eigenvalue weighted by atomic mass is 19.4. The van der Waals surface area contributed by atoms with Crippen LogP contribution in [0.5, 0.6) is 5.75 Å². The molecule has 26 heavy (non-hydrogen) atoms. The van der Waals surface area contributed by atoms with Gasteiger partial charge in [0.1, 0.15) is 5.75 Å². The van der Waals surface area contributed by atoms with Crippen LogP contribution in [0.3, 0.4) is 0 Å². The van der Waals surface area contributed by atoms with Crippen molar-refractivity contribution < 1.29 is 35.9 Å². The van der Waals surface area contributed by atoms with Gasteiger partial charge < -0.3 is 4.74 Å². The van der Waals surface area contributed by atoms with Crippen LogP contribution < -0.4 is 4.74 Å². The molecule has 1 heterocycles. The van der Waals surface area contributed by atoms with Crippen molar-refractivity contribution in [1.29, 1.82) is 0 Å². The third-order valence-electron chi connectivity index (χ3n) is 3.13. The van der Waals surface area contributed by atoms with Gasteiger partial charge in [0.2, 0.25) is 0 Å². The molecule has 0 N–H and O–H groups in total. The van der Waals surface area contributed by atoms with Gasteiger partial charge in [-0.25, -0.2) is 4.39 Å². The molecule has 0 aliphatic rings. The van der Waals surface area contributed by atoms with Crippen molar-refractivity contribution in [3.63, 3.8) is 0 Å². The zero-order chi connectivity index (χ0) is 19.5. The summed E-state index contributed by atoms with van der Waals surface area (Å²) in [7, 11) is 1.63. The van der Waals surface area contributed by atoms with Gasteiger partial charge in [-0.2, -0.15) is 27.1 Å². The number of halogens is 6. The summed E-state index contributed by atoms with van der Waals surface area (Å²) in [5.74, 6) is -1.01. The van der Waals surface area contributed by atoms with Gasteiger partial charge in [0.15, 0.2) is 5.78 Å². The minimum atomic E-state index is -5.75. The first-order valence-corrected chi connectivity index (χ1v) is 7.08. The summed E-state index contributed by atoms with van der Waals surface area (Å²) in [5.41, 5.74) is 0.731. The van der Waals surface area contributed by atoms with Gasteiger partial charge in [0.25, 0.3) is 6.17 Å². The molecule has 0 saturated carbocycles. The van der Waals surface area contributed by atoms with Crippen molar-refractivity contribution in [2.24, 2.45) is 7.05 Å². The maximum atomic E-state index is 13.2. The lowest BCUT2D eigenvalue weighted by Gasteiger charge is -2.23. The lowest BCUT2D eigenvalue weighted by molar-refractivity contribution is -0.304. The molecule has 0 radical (unpaired) electrons. The molecule has 1 unspecified atom stereocenters. The molecule has 1 aromatic carbocycles. The molecule has 1 atom stereocenters. The van der Waals surface area contributed by atoms with E-state index < -0.39 is 24.2 Å². The Morgan fingerprint density at radius 2 is 1.81 bits per heavy atom. The number of ketones is 1. The highest BCUT2D eigenvalue weighted by molar-refractivity contribution is 6.06. The second-order valence-corrected chi connectivity index (χ2v) is 5.24. The second kappa shape index (κ2) is 7.22. The standard InChI is InChI=1S/C16H12F6N2O2/c1-24-9-11(8-23-24)13(25)7-4-10-2-5-12(6-3-10)26-16(21,22)14(17)15(18,19)20/h2-9,14H,1H3/b7-4+. The van der Waals surface area contributed by atoms with Crippen LogP contribution in [0.1, 0.15) is 15.9 Å². The first-order valence-electron chi connectivity index (χ1n) is 7.08. The number of nitrogens with zero attached hydrogens (tertiary/aromatic N) is 2. The number of carbonyl (C=O) groups excluding carboxylic acids is 1. The molecule has 0 bridgehead atoms. The maximum Gasteiger partial charge on any atom is 0.439 e. The average molecular weight is 378 g/mol. The zero-order valence-electron chi connectivity index (χ0n) is 13.2. The van der Waals surface area contributed by atoms with Crippen molar-refractivity contribution in [3.8, 4) is 5.75 Å². The number of ether oxygens (including phenoxy) is 1. The van der Waals surface area contributed by atoms with Crippen molar-refractivity contribution in [2.75, 3.05) is 0 Å². The van der Waals surface area contributed by atoms with Gasteiger partial charge in [0.05, 0.1) is 11.8 Å². The Labute approximate surface area is 143 Å². The normalized spacial score (nSPS) is 13.8. The predicted molar refractivity (Wildman–Crippen MR) is 79.5 cm³/mol. The molecule has 10 heteroatoms. The van der Waals surface area contributed by atoms with Crippen LogP contribution >= 0.6 is 0 Å². The quantitative estimate of drug-likeness (QED) is 0.430. The largest absolute Gasteiger partial charge is 0.439 e. The number of aromatic nitrogens is 2. The molecular formula is C16H12F6N2O2. The molecule has 0 fully saturated rings. The third kappa shape index (κ3) is 4.87. The first-order chi connectivity index (χ1) is 12.0. The van der Waals surface area contributed by atoms with Crippen LogP contribution in [0.15, 0.2) is 42.7 Å². The number of alkyl halides is 6. The first kappa shape index (κ1) is 19.5. The smallest absolute Gasteiger partial charge is 0.430 e. The molecular weight excluding hydrogens is 366 g/mol. The van der Waals surface area contributed by atoms with Gasteiger partial charge >= 0.3 is 12.3 Å². The number of allylic oxidation sites excluding steroid dienone is 1. The fourth-order valence-electron chi connectivity index (χ4n) is 1.86. The summed E-state index contributed by atoms with van der Waals surface area (Å²) in [4.78, 5) is 11.8. The number of carbonyl (C=O) groups is 1. The molecule has 0 spiro atoms. The topological polar surface area (TPSA) is 44.1 Å². The van der Waals surface area contributed by atoms with E-state index in [9.17, 15) is 31.1 Å². The Balaban J connectivity index is 2.04. The molecule has 0 amide bonds. The van der Waals surface area contributed by atoms with Crippen molar-refractivity contribution in [1.82, 2.24) is 9.78 Å². The summed E-state index contributed by atoms with van der Waals surface area (Å²) in [6.45, 7) is 0. The van der Waals surface area contributed by atoms with Crippen LogP contribution in [-0.4, -0.2) is 34.0 Å². The Hall–Kier alpha value is -2.78. The van der Waals surface area contributed by atoms with Crippen molar-refractivity contribution >= 4 is 11.9 Å². The van der Waals surface area contributed by atoms with Gasteiger partial charge in [-0.15, -0.1) is 0 Å². The van der Waals surface area contributed by atoms with Crippen LogP contribution in [0.4, 0.5) is 26.3 Å². The molecule has 0 aliphatic heterocycles.